The van der Waals surface area contributed by atoms with Crippen LogP contribution in [0, 0.1) is 0 Å². The Hall–Kier alpha value is -2.28. The highest BCUT2D eigenvalue weighted by Gasteiger charge is 2.37. The molecule has 1 heterocycles. The second-order valence-corrected chi connectivity index (χ2v) is 7.32. The standard InChI is InChI=1S/C18H21NO5S/c1-5-23-13-9-7-6-8-12(13)10-14-16(21)19(17(22)25-14)11-15(20)24-18(2,3)4/h6-10H,5,11H2,1-4H3/b14-10-. The van der Waals surface area contributed by atoms with Gasteiger partial charge < -0.3 is 9.47 Å². The molecule has 0 atom stereocenters. The molecule has 0 spiro atoms. The van der Waals surface area contributed by atoms with Crippen molar-refractivity contribution < 1.29 is 23.9 Å². The lowest BCUT2D eigenvalue weighted by Crippen LogP contribution is -2.37. The van der Waals surface area contributed by atoms with E-state index < -0.39 is 29.3 Å². The minimum atomic E-state index is -0.675. The molecule has 1 saturated heterocycles. The molecule has 0 bridgehead atoms. The summed E-state index contributed by atoms with van der Waals surface area (Å²) in [5, 5.41) is -0.490. The van der Waals surface area contributed by atoms with Crippen molar-refractivity contribution in [3.63, 3.8) is 0 Å². The van der Waals surface area contributed by atoms with E-state index in [9.17, 15) is 14.4 Å². The number of thioether (sulfide) groups is 1. The molecule has 134 valence electrons. The van der Waals surface area contributed by atoms with E-state index in [1.807, 2.05) is 19.1 Å². The number of amides is 2. The number of benzene rings is 1. The fourth-order valence-corrected chi connectivity index (χ4v) is 3.00. The van der Waals surface area contributed by atoms with Gasteiger partial charge in [0, 0.05) is 5.56 Å². The third-order valence-corrected chi connectivity index (χ3v) is 3.99. The van der Waals surface area contributed by atoms with Gasteiger partial charge in [0.25, 0.3) is 11.1 Å². The maximum Gasteiger partial charge on any atom is 0.326 e. The van der Waals surface area contributed by atoms with Gasteiger partial charge in [-0.15, -0.1) is 0 Å². The van der Waals surface area contributed by atoms with Crippen molar-refractivity contribution in [2.45, 2.75) is 33.3 Å². The van der Waals surface area contributed by atoms with Crippen molar-refractivity contribution in [3.05, 3.63) is 34.7 Å². The number of carbonyl (C=O) groups is 3. The lowest BCUT2D eigenvalue weighted by molar-refractivity contribution is -0.156. The zero-order valence-corrected chi connectivity index (χ0v) is 15.5. The van der Waals surface area contributed by atoms with Gasteiger partial charge >= 0.3 is 5.97 Å². The Balaban J connectivity index is 2.17. The predicted octanol–water partition coefficient (Wildman–Crippen LogP) is 3.46. The molecular formula is C18H21NO5S. The Morgan fingerprint density at radius 1 is 1.24 bits per heavy atom. The van der Waals surface area contributed by atoms with Crippen LogP contribution in [-0.2, 0) is 14.3 Å². The minimum Gasteiger partial charge on any atom is -0.493 e. The largest absolute Gasteiger partial charge is 0.493 e. The first-order valence-electron chi connectivity index (χ1n) is 7.90. The van der Waals surface area contributed by atoms with E-state index in [1.54, 1.807) is 39.0 Å². The van der Waals surface area contributed by atoms with E-state index in [-0.39, 0.29) is 4.91 Å². The number of para-hydroxylation sites is 1. The van der Waals surface area contributed by atoms with Gasteiger partial charge in [0.2, 0.25) is 0 Å². The number of ether oxygens (including phenoxy) is 2. The van der Waals surface area contributed by atoms with Crippen LogP contribution in [0.1, 0.15) is 33.3 Å². The molecule has 6 nitrogen and oxygen atoms in total. The summed E-state index contributed by atoms with van der Waals surface area (Å²) >= 11 is 0.799. The van der Waals surface area contributed by atoms with Crippen LogP contribution >= 0.6 is 11.8 Å². The van der Waals surface area contributed by atoms with E-state index in [4.69, 9.17) is 9.47 Å². The normalized spacial score (nSPS) is 16.5. The van der Waals surface area contributed by atoms with Crippen LogP contribution in [0.3, 0.4) is 0 Å². The first-order chi connectivity index (χ1) is 11.7. The number of hydrogen-bond donors (Lipinski definition) is 0. The number of imide groups is 1. The molecule has 1 fully saturated rings. The Labute approximate surface area is 151 Å². The predicted molar refractivity (Wildman–Crippen MR) is 96.1 cm³/mol. The van der Waals surface area contributed by atoms with Gasteiger partial charge in [-0.05, 0) is 51.6 Å². The number of rotatable bonds is 5. The van der Waals surface area contributed by atoms with Crippen LogP contribution in [0.25, 0.3) is 6.08 Å². The van der Waals surface area contributed by atoms with Crippen LogP contribution < -0.4 is 4.74 Å². The molecule has 1 aliphatic rings. The second-order valence-electron chi connectivity index (χ2n) is 6.33. The van der Waals surface area contributed by atoms with Gasteiger partial charge in [0.15, 0.2) is 0 Å². The SMILES string of the molecule is CCOc1ccccc1/C=C1\SC(=O)N(CC(=O)OC(C)(C)C)C1=O. The zero-order valence-electron chi connectivity index (χ0n) is 14.7. The van der Waals surface area contributed by atoms with E-state index in [0.717, 1.165) is 16.7 Å². The Kier molecular flexibility index (Phi) is 5.89. The average Bonchev–Trinajstić information content (AvgIpc) is 2.75. The summed E-state index contributed by atoms with van der Waals surface area (Å²) in [7, 11) is 0. The molecule has 25 heavy (non-hydrogen) atoms. The van der Waals surface area contributed by atoms with Crippen LogP contribution in [0.15, 0.2) is 29.2 Å². The molecule has 0 unspecified atom stereocenters. The second kappa shape index (κ2) is 7.74. The fraction of sp³-hybridized carbons (Fsp3) is 0.389. The topological polar surface area (TPSA) is 72.9 Å². The van der Waals surface area contributed by atoms with E-state index in [2.05, 4.69) is 0 Å². The minimum absolute atomic E-state index is 0.251. The quantitative estimate of drug-likeness (QED) is 0.589. The number of carbonyl (C=O) groups excluding carboxylic acids is 3. The maximum absolute atomic E-state index is 12.5. The molecule has 2 amide bonds. The smallest absolute Gasteiger partial charge is 0.326 e. The van der Waals surface area contributed by atoms with Crippen molar-refractivity contribution in [2.24, 2.45) is 0 Å². The van der Waals surface area contributed by atoms with Crippen molar-refractivity contribution in [2.75, 3.05) is 13.2 Å². The molecule has 0 N–H and O–H groups in total. The summed E-state index contributed by atoms with van der Waals surface area (Å²) in [5.74, 6) is -0.498. The monoisotopic (exact) mass is 363 g/mol. The summed E-state index contributed by atoms with van der Waals surface area (Å²) in [6.45, 7) is 7.14. The number of esters is 1. The van der Waals surface area contributed by atoms with Gasteiger partial charge in [0.1, 0.15) is 17.9 Å². The highest BCUT2D eigenvalue weighted by atomic mass is 32.2. The van der Waals surface area contributed by atoms with Gasteiger partial charge in [0.05, 0.1) is 11.5 Å². The van der Waals surface area contributed by atoms with Crippen molar-refractivity contribution in [1.82, 2.24) is 4.90 Å². The van der Waals surface area contributed by atoms with E-state index >= 15 is 0 Å². The van der Waals surface area contributed by atoms with Crippen LogP contribution in [-0.4, -0.2) is 40.8 Å². The molecule has 7 heteroatoms. The maximum atomic E-state index is 12.5. The number of nitrogens with zero attached hydrogens (tertiary/aromatic N) is 1. The summed E-state index contributed by atoms with van der Waals surface area (Å²) in [6, 6.07) is 7.24. The summed E-state index contributed by atoms with van der Waals surface area (Å²) in [5.41, 5.74) is 0.0256. The molecule has 0 aromatic heterocycles. The van der Waals surface area contributed by atoms with Crippen LogP contribution in [0.2, 0.25) is 0 Å². The van der Waals surface area contributed by atoms with Crippen LogP contribution in [0.4, 0.5) is 4.79 Å². The lowest BCUT2D eigenvalue weighted by Gasteiger charge is -2.21. The van der Waals surface area contributed by atoms with Crippen molar-refractivity contribution in [1.29, 1.82) is 0 Å². The molecule has 1 aliphatic heterocycles. The molecule has 1 aromatic rings. The molecule has 0 aliphatic carbocycles. The van der Waals surface area contributed by atoms with Crippen LogP contribution in [0.5, 0.6) is 5.75 Å². The van der Waals surface area contributed by atoms with Gasteiger partial charge in [-0.25, -0.2) is 0 Å². The Bertz CT molecular complexity index is 720. The van der Waals surface area contributed by atoms with E-state index in [1.165, 1.54) is 0 Å². The molecule has 2 rings (SSSR count). The summed E-state index contributed by atoms with van der Waals surface area (Å²) < 4.78 is 10.7. The highest BCUT2D eigenvalue weighted by Crippen LogP contribution is 2.34. The van der Waals surface area contributed by atoms with E-state index in [0.29, 0.717) is 17.9 Å². The van der Waals surface area contributed by atoms with Gasteiger partial charge in [-0.3, -0.25) is 19.3 Å². The fourth-order valence-electron chi connectivity index (χ4n) is 2.17. The van der Waals surface area contributed by atoms with Gasteiger partial charge in [-0.1, -0.05) is 18.2 Å². The van der Waals surface area contributed by atoms with Gasteiger partial charge in [-0.2, -0.15) is 0 Å². The summed E-state index contributed by atoms with van der Waals surface area (Å²) in [4.78, 5) is 37.6. The third-order valence-electron chi connectivity index (χ3n) is 3.09. The molecular weight excluding hydrogens is 342 g/mol. The third kappa shape index (κ3) is 5.09. The van der Waals surface area contributed by atoms with Crippen molar-refractivity contribution >= 4 is 35.0 Å². The Morgan fingerprint density at radius 2 is 1.92 bits per heavy atom. The average molecular weight is 363 g/mol. The first kappa shape index (κ1) is 19.1. The lowest BCUT2D eigenvalue weighted by atomic mass is 10.2. The Morgan fingerprint density at radius 3 is 2.56 bits per heavy atom. The number of hydrogen-bond acceptors (Lipinski definition) is 6. The summed E-state index contributed by atoms with van der Waals surface area (Å²) in [6.07, 6.45) is 1.60. The highest BCUT2D eigenvalue weighted by molar-refractivity contribution is 8.18. The molecule has 0 saturated carbocycles. The molecule has 1 aromatic carbocycles. The van der Waals surface area contributed by atoms with Crippen molar-refractivity contribution in [3.8, 4) is 5.75 Å². The molecule has 0 radical (unpaired) electrons. The first-order valence-corrected chi connectivity index (χ1v) is 8.72. The zero-order chi connectivity index (χ0) is 18.6.